The summed E-state index contributed by atoms with van der Waals surface area (Å²) < 4.78 is 6.15. The molecule has 3 N–H and O–H groups in total. The van der Waals surface area contributed by atoms with Gasteiger partial charge in [-0.05, 0) is 25.1 Å². The number of hydrogen-bond donors (Lipinski definition) is 2. The van der Waals surface area contributed by atoms with Gasteiger partial charge in [-0.25, -0.2) is 9.47 Å². The highest BCUT2D eigenvalue weighted by Gasteiger charge is 2.10. The third-order valence-corrected chi connectivity index (χ3v) is 3.49. The Labute approximate surface area is 131 Å². The van der Waals surface area contributed by atoms with Crippen molar-refractivity contribution < 1.29 is 14.3 Å². The molecule has 1 aromatic carbocycles. The van der Waals surface area contributed by atoms with E-state index >= 15 is 0 Å². The molecule has 8 nitrogen and oxygen atoms in total. The number of nitrogens with zero attached hydrogens (tertiary/aromatic N) is 3. The molecule has 0 unspecified atom stereocenters. The van der Waals surface area contributed by atoms with Crippen molar-refractivity contribution in [2.75, 3.05) is 23.5 Å². The van der Waals surface area contributed by atoms with E-state index in [1.54, 1.807) is 31.2 Å². The quantitative estimate of drug-likeness (QED) is 0.462. The van der Waals surface area contributed by atoms with E-state index in [4.69, 9.17) is 10.6 Å². The van der Waals surface area contributed by atoms with Gasteiger partial charge in [-0.1, -0.05) is 17.8 Å². The first-order chi connectivity index (χ1) is 10.6. The van der Waals surface area contributed by atoms with E-state index in [-0.39, 0.29) is 11.7 Å². The third-order valence-electron chi connectivity index (χ3n) is 2.53. The maximum absolute atomic E-state index is 11.9. The van der Waals surface area contributed by atoms with Crippen molar-refractivity contribution in [3.05, 3.63) is 36.2 Å². The number of nitrogen functional groups attached to an aromatic ring is 1. The lowest BCUT2D eigenvalue weighted by Gasteiger charge is -2.07. The number of amides is 1. The van der Waals surface area contributed by atoms with Crippen LogP contribution in [0.4, 0.5) is 5.69 Å². The summed E-state index contributed by atoms with van der Waals surface area (Å²) >= 11 is 1.16. The van der Waals surface area contributed by atoms with Crippen LogP contribution in [0.15, 0.2) is 35.7 Å². The summed E-state index contributed by atoms with van der Waals surface area (Å²) in [5.74, 6) is 5.00. The van der Waals surface area contributed by atoms with Gasteiger partial charge in [-0.15, -0.1) is 10.2 Å². The number of aromatic nitrogens is 3. The smallest absolute Gasteiger partial charge is 0.338 e. The molecule has 9 heteroatoms. The number of ether oxygens (including phenoxy) is 1. The van der Waals surface area contributed by atoms with Crippen molar-refractivity contribution in [1.29, 1.82) is 0 Å². The Morgan fingerprint density at radius 2 is 2.27 bits per heavy atom. The summed E-state index contributed by atoms with van der Waals surface area (Å²) in [6.45, 7) is 2.03. The van der Waals surface area contributed by atoms with Gasteiger partial charge in [0.2, 0.25) is 11.1 Å². The second kappa shape index (κ2) is 7.46. The minimum absolute atomic E-state index is 0.125. The monoisotopic (exact) mass is 321 g/mol. The summed E-state index contributed by atoms with van der Waals surface area (Å²) in [7, 11) is 0. The van der Waals surface area contributed by atoms with E-state index < -0.39 is 5.97 Å². The first-order valence-electron chi connectivity index (χ1n) is 6.45. The van der Waals surface area contributed by atoms with Crippen LogP contribution in [-0.2, 0) is 9.53 Å². The van der Waals surface area contributed by atoms with E-state index in [2.05, 4.69) is 15.5 Å². The van der Waals surface area contributed by atoms with Crippen molar-refractivity contribution >= 4 is 29.3 Å². The van der Waals surface area contributed by atoms with Gasteiger partial charge < -0.3 is 15.9 Å². The summed E-state index contributed by atoms with van der Waals surface area (Å²) in [5.41, 5.74) is 0.902. The minimum Gasteiger partial charge on any atom is -0.462 e. The molecular formula is C13H15N5O3S. The number of esters is 1. The molecule has 1 aromatic heterocycles. The third kappa shape index (κ3) is 4.22. The number of hydrogen-bond acceptors (Lipinski definition) is 7. The standard InChI is InChI=1S/C13H15N5O3S/c1-2-21-12(20)9-4-3-5-10(6-9)16-11(19)7-22-13-17-15-8-18(13)14/h3-6,8H,2,7,14H2,1H3,(H,16,19). The second-order valence-electron chi connectivity index (χ2n) is 4.16. The lowest BCUT2D eigenvalue weighted by molar-refractivity contribution is -0.113. The van der Waals surface area contributed by atoms with Crippen molar-refractivity contribution in [3.63, 3.8) is 0 Å². The van der Waals surface area contributed by atoms with Crippen LogP contribution in [0.25, 0.3) is 0 Å². The number of anilines is 1. The Bertz CT molecular complexity index is 673. The zero-order valence-electron chi connectivity index (χ0n) is 11.9. The normalized spacial score (nSPS) is 10.2. The molecule has 2 aromatic rings. The van der Waals surface area contributed by atoms with Crippen LogP contribution in [0.1, 0.15) is 17.3 Å². The van der Waals surface area contributed by atoms with Crippen molar-refractivity contribution in [1.82, 2.24) is 14.9 Å². The summed E-state index contributed by atoms with van der Waals surface area (Å²) in [6.07, 6.45) is 1.35. The van der Waals surface area contributed by atoms with Gasteiger partial charge >= 0.3 is 5.97 Å². The molecule has 0 saturated carbocycles. The van der Waals surface area contributed by atoms with Gasteiger partial charge in [0, 0.05) is 5.69 Å². The molecule has 1 heterocycles. The van der Waals surface area contributed by atoms with Crippen LogP contribution in [0.5, 0.6) is 0 Å². The van der Waals surface area contributed by atoms with E-state index in [9.17, 15) is 9.59 Å². The molecule has 0 fully saturated rings. The molecule has 22 heavy (non-hydrogen) atoms. The van der Waals surface area contributed by atoms with Gasteiger partial charge in [0.25, 0.3) is 0 Å². The van der Waals surface area contributed by atoms with E-state index in [0.29, 0.717) is 23.0 Å². The first-order valence-corrected chi connectivity index (χ1v) is 7.43. The lowest BCUT2D eigenvalue weighted by Crippen LogP contribution is -2.16. The Morgan fingerprint density at radius 1 is 1.45 bits per heavy atom. The second-order valence-corrected chi connectivity index (χ2v) is 5.10. The maximum Gasteiger partial charge on any atom is 0.338 e. The highest BCUT2D eigenvalue weighted by atomic mass is 32.2. The molecule has 0 saturated heterocycles. The van der Waals surface area contributed by atoms with Gasteiger partial charge in [0.15, 0.2) is 0 Å². The number of carbonyl (C=O) groups is 2. The molecule has 0 aliphatic carbocycles. The average Bonchev–Trinajstić information content (AvgIpc) is 2.91. The topological polar surface area (TPSA) is 112 Å². The predicted molar refractivity (Wildman–Crippen MR) is 81.9 cm³/mol. The number of rotatable bonds is 6. The molecule has 2 rings (SSSR count). The van der Waals surface area contributed by atoms with Crippen molar-refractivity contribution in [2.45, 2.75) is 12.1 Å². The number of nitrogens with two attached hydrogens (primary N) is 1. The van der Waals surface area contributed by atoms with E-state index in [1.807, 2.05) is 0 Å². The van der Waals surface area contributed by atoms with Gasteiger partial charge in [0.05, 0.1) is 17.9 Å². The number of thioether (sulfide) groups is 1. The molecule has 0 spiro atoms. The number of carbonyl (C=O) groups excluding carboxylic acids is 2. The molecule has 1 amide bonds. The zero-order chi connectivity index (χ0) is 15.9. The Kier molecular flexibility index (Phi) is 5.37. The highest BCUT2D eigenvalue weighted by molar-refractivity contribution is 7.99. The molecule has 0 atom stereocenters. The van der Waals surface area contributed by atoms with Crippen molar-refractivity contribution in [2.24, 2.45) is 0 Å². The van der Waals surface area contributed by atoms with E-state index in [0.717, 1.165) is 11.8 Å². The molecule has 0 aliphatic heterocycles. The maximum atomic E-state index is 11.9. The molecule has 0 bridgehead atoms. The van der Waals surface area contributed by atoms with Crippen LogP contribution in [-0.4, -0.2) is 39.1 Å². The SMILES string of the molecule is CCOC(=O)c1cccc(NC(=O)CSc2nncn2N)c1. The Balaban J connectivity index is 1.92. The summed E-state index contributed by atoms with van der Waals surface area (Å²) in [4.78, 5) is 23.5. The van der Waals surface area contributed by atoms with Crippen LogP contribution < -0.4 is 11.2 Å². The van der Waals surface area contributed by atoms with Gasteiger partial charge in [-0.3, -0.25) is 4.79 Å². The lowest BCUT2D eigenvalue weighted by atomic mass is 10.2. The minimum atomic E-state index is -0.427. The molecule has 0 aliphatic rings. The number of nitrogens with one attached hydrogen (secondary N) is 1. The first kappa shape index (κ1) is 15.8. The summed E-state index contributed by atoms with van der Waals surface area (Å²) in [5, 5.41) is 10.5. The van der Waals surface area contributed by atoms with Crippen molar-refractivity contribution in [3.8, 4) is 0 Å². The van der Waals surface area contributed by atoms with Gasteiger partial charge in [0.1, 0.15) is 6.33 Å². The molecule has 116 valence electrons. The van der Waals surface area contributed by atoms with Crippen LogP contribution >= 0.6 is 11.8 Å². The Morgan fingerprint density at radius 3 is 2.95 bits per heavy atom. The fourth-order valence-corrected chi connectivity index (χ4v) is 2.23. The number of benzene rings is 1. The zero-order valence-corrected chi connectivity index (χ0v) is 12.7. The summed E-state index contributed by atoms with van der Waals surface area (Å²) in [6, 6.07) is 6.55. The largest absolute Gasteiger partial charge is 0.462 e. The van der Waals surface area contributed by atoms with Gasteiger partial charge in [-0.2, -0.15) is 0 Å². The fraction of sp³-hybridized carbons (Fsp3) is 0.231. The molecular weight excluding hydrogens is 306 g/mol. The average molecular weight is 321 g/mol. The highest BCUT2D eigenvalue weighted by Crippen LogP contribution is 2.15. The molecule has 0 radical (unpaired) electrons. The van der Waals surface area contributed by atoms with E-state index in [1.165, 1.54) is 11.0 Å². The fourth-order valence-electron chi connectivity index (χ4n) is 1.60. The predicted octanol–water partition coefficient (Wildman–Crippen LogP) is 0.899. The van der Waals surface area contributed by atoms with Crippen LogP contribution in [0.3, 0.4) is 0 Å². The Hall–Kier alpha value is -2.55. The van der Waals surface area contributed by atoms with Crippen LogP contribution in [0, 0.1) is 0 Å². The van der Waals surface area contributed by atoms with Crippen LogP contribution in [0.2, 0.25) is 0 Å².